The summed E-state index contributed by atoms with van der Waals surface area (Å²) in [5, 5.41) is 20.2. The van der Waals surface area contributed by atoms with Crippen LogP contribution in [0.25, 0.3) is 0 Å². The van der Waals surface area contributed by atoms with Gasteiger partial charge < -0.3 is 9.84 Å². The van der Waals surface area contributed by atoms with E-state index in [0.29, 0.717) is 15.7 Å². The number of rotatable bonds is 7. The fourth-order valence-electron chi connectivity index (χ4n) is 2.09. The van der Waals surface area contributed by atoms with Crippen LogP contribution >= 0.6 is 23.4 Å². The maximum atomic E-state index is 11.2. The van der Waals surface area contributed by atoms with Gasteiger partial charge >= 0.3 is 5.97 Å². The van der Waals surface area contributed by atoms with Gasteiger partial charge in [0.1, 0.15) is 5.75 Å². The zero-order chi connectivity index (χ0) is 17.7. The SMILES string of the molecule is COc1ccc(C(CC(=O)O)Sc2cc(Cl)ccc2[N+](=O)[O-])cc1. The van der Waals surface area contributed by atoms with Crippen molar-refractivity contribution in [2.75, 3.05) is 7.11 Å². The van der Waals surface area contributed by atoms with E-state index in [9.17, 15) is 14.9 Å². The third-order valence-corrected chi connectivity index (χ3v) is 4.77. The molecule has 8 heteroatoms. The Hall–Kier alpha value is -2.25. The summed E-state index contributed by atoms with van der Waals surface area (Å²) in [5.74, 6) is -0.348. The van der Waals surface area contributed by atoms with Gasteiger partial charge in [0.05, 0.1) is 23.3 Å². The summed E-state index contributed by atoms with van der Waals surface area (Å²) in [6.07, 6.45) is -0.180. The molecule has 0 heterocycles. The Labute approximate surface area is 147 Å². The molecule has 1 atom stereocenters. The Balaban J connectivity index is 2.37. The van der Waals surface area contributed by atoms with E-state index in [-0.39, 0.29) is 12.1 Å². The molecule has 0 saturated carbocycles. The van der Waals surface area contributed by atoms with Crippen molar-refractivity contribution in [1.82, 2.24) is 0 Å². The maximum absolute atomic E-state index is 11.2. The van der Waals surface area contributed by atoms with Crippen molar-refractivity contribution < 1.29 is 19.6 Å². The number of thioether (sulfide) groups is 1. The van der Waals surface area contributed by atoms with E-state index in [2.05, 4.69) is 0 Å². The first-order chi connectivity index (χ1) is 11.4. The number of nitro benzene ring substituents is 1. The molecule has 0 aliphatic carbocycles. The summed E-state index contributed by atoms with van der Waals surface area (Å²) < 4.78 is 5.08. The van der Waals surface area contributed by atoms with E-state index >= 15 is 0 Å². The number of nitrogens with zero attached hydrogens (tertiary/aromatic N) is 1. The molecule has 0 bridgehead atoms. The Morgan fingerprint density at radius 1 is 1.33 bits per heavy atom. The molecule has 0 fully saturated rings. The van der Waals surface area contributed by atoms with Crippen LogP contribution in [0.15, 0.2) is 47.4 Å². The molecule has 0 radical (unpaired) electrons. The van der Waals surface area contributed by atoms with Crippen LogP contribution in [0.1, 0.15) is 17.2 Å². The fraction of sp³-hybridized carbons (Fsp3) is 0.188. The third kappa shape index (κ3) is 4.62. The maximum Gasteiger partial charge on any atom is 0.304 e. The van der Waals surface area contributed by atoms with Crippen LogP contribution in [-0.4, -0.2) is 23.1 Å². The van der Waals surface area contributed by atoms with Crippen LogP contribution in [0, 0.1) is 10.1 Å². The number of nitro groups is 1. The first-order valence-electron chi connectivity index (χ1n) is 6.87. The first-order valence-corrected chi connectivity index (χ1v) is 8.13. The predicted octanol–water partition coefficient (Wildman–Crippen LogP) is 4.56. The van der Waals surface area contributed by atoms with E-state index in [1.54, 1.807) is 24.3 Å². The van der Waals surface area contributed by atoms with E-state index in [1.165, 1.54) is 25.3 Å². The summed E-state index contributed by atoms with van der Waals surface area (Å²) in [5.41, 5.74) is 0.630. The van der Waals surface area contributed by atoms with Gasteiger partial charge in [-0.25, -0.2) is 0 Å². The molecule has 0 saturated heterocycles. The van der Waals surface area contributed by atoms with Gasteiger partial charge in [-0.2, -0.15) is 0 Å². The van der Waals surface area contributed by atoms with E-state index in [4.69, 9.17) is 21.4 Å². The molecule has 0 aliphatic rings. The second-order valence-corrected chi connectivity index (χ2v) is 6.53. The van der Waals surface area contributed by atoms with Crippen LogP contribution in [0.4, 0.5) is 5.69 Å². The number of aliphatic carboxylic acids is 1. The molecule has 2 aromatic carbocycles. The average Bonchev–Trinajstić information content (AvgIpc) is 2.53. The highest BCUT2D eigenvalue weighted by Gasteiger charge is 2.22. The number of benzene rings is 2. The number of ether oxygens (including phenoxy) is 1. The Morgan fingerprint density at radius 3 is 2.54 bits per heavy atom. The highest BCUT2D eigenvalue weighted by molar-refractivity contribution is 7.99. The van der Waals surface area contributed by atoms with Crippen molar-refractivity contribution >= 4 is 35.0 Å². The molecule has 0 spiro atoms. The molecule has 1 unspecified atom stereocenters. The topological polar surface area (TPSA) is 89.7 Å². The Kier molecular flexibility index (Phi) is 6.05. The van der Waals surface area contributed by atoms with Gasteiger partial charge in [0.2, 0.25) is 0 Å². The number of carboxylic acid groups (broad SMARTS) is 1. The molecular weight excluding hydrogens is 354 g/mol. The second kappa shape index (κ2) is 8.03. The van der Waals surface area contributed by atoms with Crippen LogP contribution in [0.2, 0.25) is 5.02 Å². The number of hydrogen-bond donors (Lipinski definition) is 1. The lowest BCUT2D eigenvalue weighted by atomic mass is 10.1. The monoisotopic (exact) mass is 367 g/mol. The lowest BCUT2D eigenvalue weighted by Gasteiger charge is -2.16. The van der Waals surface area contributed by atoms with Crippen molar-refractivity contribution in [3.63, 3.8) is 0 Å². The number of carbonyl (C=O) groups is 1. The quantitative estimate of drug-likeness (QED) is 0.438. The normalized spacial score (nSPS) is 11.8. The Bertz CT molecular complexity index is 751. The molecule has 0 amide bonds. The molecule has 6 nitrogen and oxygen atoms in total. The Morgan fingerprint density at radius 2 is 2.00 bits per heavy atom. The van der Waals surface area contributed by atoms with Crippen molar-refractivity contribution in [3.8, 4) is 5.75 Å². The molecule has 0 aliphatic heterocycles. The van der Waals surface area contributed by atoms with Gasteiger partial charge in [-0.15, -0.1) is 11.8 Å². The lowest BCUT2D eigenvalue weighted by Crippen LogP contribution is -2.04. The molecule has 1 N–H and O–H groups in total. The fourth-order valence-corrected chi connectivity index (χ4v) is 3.61. The zero-order valence-electron chi connectivity index (χ0n) is 12.6. The minimum atomic E-state index is -0.993. The number of halogens is 1. The van der Waals surface area contributed by atoms with Crippen molar-refractivity contribution in [2.45, 2.75) is 16.6 Å². The summed E-state index contributed by atoms with van der Waals surface area (Å²) in [7, 11) is 1.54. The largest absolute Gasteiger partial charge is 0.497 e. The smallest absolute Gasteiger partial charge is 0.304 e. The second-order valence-electron chi connectivity index (χ2n) is 4.85. The van der Waals surface area contributed by atoms with E-state index in [0.717, 1.165) is 17.3 Å². The summed E-state index contributed by atoms with van der Waals surface area (Å²) >= 11 is 7.03. The summed E-state index contributed by atoms with van der Waals surface area (Å²) in [6.45, 7) is 0. The van der Waals surface area contributed by atoms with Gasteiger partial charge in [0, 0.05) is 16.3 Å². The van der Waals surface area contributed by atoms with Crippen LogP contribution < -0.4 is 4.74 Å². The van der Waals surface area contributed by atoms with Crippen molar-refractivity contribution in [2.24, 2.45) is 0 Å². The zero-order valence-corrected chi connectivity index (χ0v) is 14.2. The number of carboxylic acids is 1. The van der Waals surface area contributed by atoms with Gasteiger partial charge in [-0.05, 0) is 29.8 Å². The summed E-state index contributed by atoms with van der Waals surface area (Å²) in [4.78, 5) is 22.2. The lowest BCUT2D eigenvalue weighted by molar-refractivity contribution is -0.387. The highest BCUT2D eigenvalue weighted by atomic mass is 35.5. The van der Waals surface area contributed by atoms with Gasteiger partial charge in [0.25, 0.3) is 5.69 Å². The summed E-state index contributed by atoms with van der Waals surface area (Å²) in [6, 6.07) is 11.2. The molecule has 126 valence electrons. The minimum Gasteiger partial charge on any atom is -0.497 e. The average molecular weight is 368 g/mol. The third-order valence-electron chi connectivity index (χ3n) is 3.24. The van der Waals surface area contributed by atoms with Crippen LogP contribution in [0.3, 0.4) is 0 Å². The van der Waals surface area contributed by atoms with Crippen LogP contribution in [-0.2, 0) is 4.79 Å². The van der Waals surface area contributed by atoms with Crippen LogP contribution in [0.5, 0.6) is 5.75 Å². The molecule has 24 heavy (non-hydrogen) atoms. The first kappa shape index (κ1) is 18.1. The molecule has 0 aromatic heterocycles. The number of hydrogen-bond acceptors (Lipinski definition) is 5. The van der Waals surface area contributed by atoms with Crippen molar-refractivity contribution in [3.05, 3.63) is 63.2 Å². The molecule has 2 aromatic rings. The standard InChI is InChI=1S/C16H14ClNO5S/c1-23-12-5-2-10(3-6-12)14(9-16(19)20)24-15-8-11(17)4-7-13(15)18(21)22/h2-8,14H,9H2,1H3,(H,19,20). The predicted molar refractivity (Wildman–Crippen MR) is 92.0 cm³/mol. The molecular formula is C16H14ClNO5S. The van der Waals surface area contributed by atoms with Gasteiger partial charge in [-0.3, -0.25) is 14.9 Å². The minimum absolute atomic E-state index is 0.103. The highest BCUT2D eigenvalue weighted by Crippen LogP contribution is 2.43. The molecule has 2 rings (SSSR count). The van der Waals surface area contributed by atoms with E-state index in [1.807, 2.05) is 0 Å². The number of methoxy groups -OCH3 is 1. The van der Waals surface area contributed by atoms with Gasteiger partial charge in [-0.1, -0.05) is 23.7 Å². The van der Waals surface area contributed by atoms with Gasteiger partial charge in [0.15, 0.2) is 0 Å². The van der Waals surface area contributed by atoms with E-state index < -0.39 is 16.1 Å². The van der Waals surface area contributed by atoms with Crippen molar-refractivity contribution in [1.29, 1.82) is 0 Å².